The van der Waals surface area contributed by atoms with Crippen LogP contribution in [0.3, 0.4) is 0 Å². The SMILES string of the molecule is CN1C=[C+]C=CC1.F[B-](F)(F)F. The fourth-order valence-electron chi connectivity index (χ4n) is 0.510. The predicted octanol–water partition coefficient (Wildman–Crippen LogP) is 2.10. The summed E-state index contributed by atoms with van der Waals surface area (Å²) in [4.78, 5) is 2.07. The summed E-state index contributed by atoms with van der Waals surface area (Å²) in [7, 11) is -3.98. The molecule has 0 N–H and O–H groups in total. The molecule has 0 fully saturated rings. The van der Waals surface area contributed by atoms with Crippen LogP contribution in [0.25, 0.3) is 0 Å². The molecule has 0 aliphatic carbocycles. The monoisotopic (exact) mass is 181 g/mol. The van der Waals surface area contributed by atoms with E-state index in [9.17, 15) is 17.3 Å². The number of likely N-dealkylation sites (N-methyl/N-ethyl adjacent to an activating group) is 1. The number of hydrogen-bond donors (Lipinski definition) is 0. The van der Waals surface area contributed by atoms with Crippen molar-refractivity contribution in [1.82, 2.24) is 4.90 Å². The van der Waals surface area contributed by atoms with Crippen molar-refractivity contribution in [3.63, 3.8) is 0 Å². The second-order valence-electron chi connectivity index (χ2n) is 2.13. The van der Waals surface area contributed by atoms with Crippen molar-refractivity contribution in [2.24, 2.45) is 0 Å². The topological polar surface area (TPSA) is 3.24 Å². The molecular weight excluding hydrogens is 173 g/mol. The molecule has 0 saturated heterocycles. The lowest BCUT2D eigenvalue weighted by Gasteiger charge is -2.04. The summed E-state index contributed by atoms with van der Waals surface area (Å²) < 4.78 is 39.0. The van der Waals surface area contributed by atoms with Gasteiger partial charge < -0.3 is 22.2 Å². The molecule has 1 aliphatic heterocycles. The van der Waals surface area contributed by atoms with Gasteiger partial charge in [0.15, 0.2) is 6.08 Å². The number of allylic oxidation sites excluding steroid dienone is 2. The van der Waals surface area contributed by atoms with Crippen LogP contribution >= 0.6 is 0 Å². The molecule has 0 bridgehead atoms. The number of halogens is 4. The van der Waals surface area contributed by atoms with Crippen molar-refractivity contribution in [2.45, 2.75) is 0 Å². The standard InChI is InChI=1S/C6H8N.BF4/c1-7-5-3-2-4-6-7;2-1(3,4)5/h2-3,6H,5H2,1H3;/q+1;-1. The average molecular weight is 181 g/mol. The molecule has 1 rings (SSSR count). The number of nitrogens with zero attached hydrogens (tertiary/aromatic N) is 1. The fourth-order valence-corrected chi connectivity index (χ4v) is 0.510. The van der Waals surface area contributed by atoms with E-state index in [0.29, 0.717) is 0 Å². The van der Waals surface area contributed by atoms with Crippen molar-refractivity contribution >= 4 is 7.25 Å². The zero-order valence-electron chi connectivity index (χ0n) is 6.48. The van der Waals surface area contributed by atoms with Crippen LogP contribution in [-0.2, 0) is 0 Å². The maximum absolute atomic E-state index is 9.75. The van der Waals surface area contributed by atoms with Crippen molar-refractivity contribution in [3.8, 4) is 0 Å². The molecule has 0 atom stereocenters. The molecule has 68 valence electrons. The third-order valence-electron chi connectivity index (χ3n) is 0.902. The Bertz CT molecular complexity index is 169. The lowest BCUT2D eigenvalue weighted by Crippen LogP contribution is -2.11. The normalized spacial score (nSPS) is 14.9. The Kier molecular flexibility index (Phi) is 4.36. The smallest absolute Gasteiger partial charge is 0.418 e. The lowest BCUT2D eigenvalue weighted by atomic mass is 10.3. The lowest BCUT2D eigenvalue weighted by molar-refractivity contribution is 0.368. The molecule has 0 saturated carbocycles. The third-order valence-corrected chi connectivity index (χ3v) is 0.902. The van der Waals surface area contributed by atoms with Crippen LogP contribution in [0.15, 0.2) is 18.4 Å². The summed E-state index contributed by atoms with van der Waals surface area (Å²) in [5.74, 6) is 0. The van der Waals surface area contributed by atoms with E-state index in [1.165, 1.54) is 0 Å². The predicted molar refractivity (Wildman–Crippen MR) is 39.8 cm³/mol. The largest absolute Gasteiger partial charge is 0.673 e. The van der Waals surface area contributed by atoms with Crippen LogP contribution in [-0.4, -0.2) is 25.7 Å². The summed E-state index contributed by atoms with van der Waals surface area (Å²) >= 11 is 0. The first-order valence-corrected chi connectivity index (χ1v) is 3.21. The molecule has 0 aromatic heterocycles. The zero-order chi connectivity index (χ0) is 9.61. The van der Waals surface area contributed by atoms with Crippen molar-refractivity contribution in [3.05, 3.63) is 24.4 Å². The highest BCUT2D eigenvalue weighted by molar-refractivity contribution is 6.50. The Morgan fingerprint density at radius 2 is 1.83 bits per heavy atom. The molecule has 0 amide bonds. The van der Waals surface area contributed by atoms with Crippen LogP contribution in [0.1, 0.15) is 0 Å². The Morgan fingerprint density at radius 3 is 2.00 bits per heavy atom. The minimum atomic E-state index is -6.00. The van der Waals surface area contributed by atoms with Crippen LogP contribution in [0.2, 0.25) is 0 Å². The van der Waals surface area contributed by atoms with E-state index < -0.39 is 7.25 Å². The fraction of sp³-hybridized carbons (Fsp3) is 0.333. The quantitative estimate of drug-likeness (QED) is 0.314. The maximum Gasteiger partial charge on any atom is 0.673 e. The van der Waals surface area contributed by atoms with E-state index in [1.807, 2.05) is 19.3 Å². The molecule has 1 heterocycles. The Morgan fingerprint density at radius 1 is 1.33 bits per heavy atom. The van der Waals surface area contributed by atoms with E-state index >= 15 is 0 Å². The van der Waals surface area contributed by atoms with Crippen LogP contribution in [0.4, 0.5) is 17.3 Å². The number of hydrogen-bond acceptors (Lipinski definition) is 1. The van der Waals surface area contributed by atoms with Gasteiger partial charge in [-0.15, -0.1) is 0 Å². The maximum atomic E-state index is 9.75. The first kappa shape index (κ1) is 11.0. The second kappa shape index (κ2) is 4.77. The summed E-state index contributed by atoms with van der Waals surface area (Å²) in [6.07, 6.45) is 8.89. The minimum absolute atomic E-state index is 1.02. The molecule has 0 spiro atoms. The van der Waals surface area contributed by atoms with E-state index in [-0.39, 0.29) is 0 Å². The molecular formula is C6H8BF4N. The molecule has 6 heteroatoms. The van der Waals surface area contributed by atoms with Gasteiger partial charge >= 0.3 is 7.25 Å². The molecule has 0 unspecified atom stereocenters. The van der Waals surface area contributed by atoms with Gasteiger partial charge in [0.05, 0.1) is 6.08 Å². The van der Waals surface area contributed by atoms with Crippen molar-refractivity contribution < 1.29 is 17.3 Å². The Balaban J connectivity index is 0.000000217. The van der Waals surface area contributed by atoms with Crippen LogP contribution < -0.4 is 0 Å². The highest BCUT2D eigenvalue weighted by Gasteiger charge is 2.20. The van der Waals surface area contributed by atoms with Gasteiger partial charge in [-0.2, -0.15) is 0 Å². The van der Waals surface area contributed by atoms with Gasteiger partial charge in [0.25, 0.3) is 0 Å². The van der Waals surface area contributed by atoms with Gasteiger partial charge in [-0.1, -0.05) is 0 Å². The van der Waals surface area contributed by atoms with Crippen molar-refractivity contribution in [2.75, 3.05) is 13.6 Å². The van der Waals surface area contributed by atoms with Crippen LogP contribution in [0, 0.1) is 6.08 Å². The third kappa shape index (κ3) is 11.7. The van der Waals surface area contributed by atoms with Gasteiger partial charge in [-0.3, -0.25) is 0 Å². The van der Waals surface area contributed by atoms with Gasteiger partial charge in [0.2, 0.25) is 0 Å². The Hall–Kier alpha value is -1.03. The first-order valence-electron chi connectivity index (χ1n) is 3.21. The molecule has 0 aromatic rings. The van der Waals surface area contributed by atoms with Gasteiger partial charge in [-0.05, 0) is 0 Å². The highest BCUT2D eigenvalue weighted by atomic mass is 19.5. The number of rotatable bonds is 0. The van der Waals surface area contributed by atoms with Gasteiger partial charge in [0.1, 0.15) is 18.8 Å². The highest BCUT2D eigenvalue weighted by Crippen LogP contribution is 2.06. The van der Waals surface area contributed by atoms with Crippen LogP contribution in [0.5, 0.6) is 0 Å². The molecule has 0 aromatic carbocycles. The van der Waals surface area contributed by atoms with Gasteiger partial charge in [-0.25, -0.2) is 0 Å². The Labute approximate surface area is 68.5 Å². The van der Waals surface area contributed by atoms with E-state index in [0.717, 1.165) is 6.54 Å². The summed E-state index contributed by atoms with van der Waals surface area (Å²) in [5, 5.41) is 0. The molecule has 0 radical (unpaired) electrons. The average Bonchev–Trinajstić information content (AvgIpc) is 1.85. The van der Waals surface area contributed by atoms with E-state index in [4.69, 9.17) is 0 Å². The summed E-state index contributed by atoms with van der Waals surface area (Å²) in [5.41, 5.74) is 0. The molecule has 12 heavy (non-hydrogen) atoms. The van der Waals surface area contributed by atoms with E-state index in [1.54, 1.807) is 0 Å². The van der Waals surface area contributed by atoms with Crippen molar-refractivity contribution in [1.29, 1.82) is 0 Å². The zero-order valence-corrected chi connectivity index (χ0v) is 6.48. The minimum Gasteiger partial charge on any atom is -0.418 e. The van der Waals surface area contributed by atoms with E-state index in [2.05, 4.69) is 17.1 Å². The first-order chi connectivity index (χ1) is 5.39. The summed E-state index contributed by atoms with van der Waals surface area (Å²) in [6, 6.07) is 0. The molecule has 1 aliphatic rings. The molecule has 1 nitrogen and oxygen atoms in total. The van der Waals surface area contributed by atoms with Gasteiger partial charge in [0, 0.05) is 7.05 Å². The summed E-state index contributed by atoms with van der Waals surface area (Å²) in [6.45, 7) is 1.02. The second-order valence-corrected chi connectivity index (χ2v) is 2.13.